The van der Waals surface area contributed by atoms with Crippen LogP contribution in [-0.4, -0.2) is 36.0 Å². The standard InChI is InChI=1S/C26H17Cl3N2O7/c1-37-21-10-13(9-20(29)22(21)38-12-15-2-5-16(27)11-19(15)28)8-18-23(32)30-26(36)31(24(18)33)17-6-3-14(4-7-17)25(34)35/h2-11H,12H2,1H3,(H,34,35)(H,30,32,36)/b18-8+. The molecule has 194 valence electrons. The minimum atomic E-state index is -1.17. The van der Waals surface area contributed by atoms with Gasteiger partial charge in [0.25, 0.3) is 11.8 Å². The van der Waals surface area contributed by atoms with Gasteiger partial charge in [-0.15, -0.1) is 0 Å². The molecular weight excluding hydrogens is 559 g/mol. The van der Waals surface area contributed by atoms with Gasteiger partial charge in [0.05, 0.1) is 23.4 Å². The number of nitrogens with zero attached hydrogens (tertiary/aromatic N) is 1. The van der Waals surface area contributed by atoms with E-state index in [9.17, 15) is 19.2 Å². The van der Waals surface area contributed by atoms with Crippen molar-refractivity contribution in [1.29, 1.82) is 0 Å². The van der Waals surface area contributed by atoms with E-state index in [1.54, 1.807) is 18.2 Å². The van der Waals surface area contributed by atoms with Crippen LogP contribution in [0.15, 0.2) is 60.2 Å². The van der Waals surface area contributed by atoms with Crippen LogP contribution < -0.4 is 19.7 Å². The molecule has 38 heavy (non-hydrogen) atoms. The van der Waals surface area contributed by atoms with Crippen LogP contribution in [0, 0.1) is 0 Å². The van der Waals surface area contributed by atoms with Crippen molar-refractivity contribution in [2.24, 2.45) is 0 Å². The van der Waals surface area contributed by atoms with E-state index in [1.165, 1.54) is 49.6 Å². The Labute approximate surface area is 231 Å². The maximum Gasteiger partial charge on any atom is 0.335 e. The molecule has 4 amide bonds. The van der Waals surface area contributed by atoms with Gasteiger partial charge in [0.1, 0.15) is 12.2 Å². The zero-order valence-corrected chi connectivity index (χ0v) is 21.7. The number of carboxylic acids is 1. The average molecular weight is 576 g/mol. The summed E-state index contributed by atoms with van der Waals surface area (Å²) < 4.78 is 11.2. The van der Waals surface area contributed by atoms with E-state index in [2.05, 4.69) is 5.32 Å². The van der Waals surface area contributed by atoms with Crippen LogP contribution in [-0.2, 0) is 16.2 Å². The summed E-state index contributed by atoms with van der Waals surface area (Å²) in [5, 5.41) is 12.2. The molecule has 0 bridgehead atoms. The fraction of sp³-hybridized carbons (Fsp3) is 0.0769. The number of carbonyl (C=O) groups excluding carboxylic acids is 3. The number of hydrogen-bond donors (Lipinski definition) is 2. The summed E-state index contributed by atoms with van der Waals surface area (Å²) in [6, 6.07) is 12.0. The lowest BCUT2D eigenvalue weighted by atomic mass is 10.1. The quantitative estimate of drug-likeness (QED) is 0.278. The lowest BCUT2D eigenvalue weighted by Crippen LogP contribution is -2.54. The number of hydrogen-bond acceptors (Lipinski definition) is 6. The van der Waals surface area contributed by atoms with Crippen molar-refractivity contribution in [2.75, 3.05) is 12.0 Å². The number of amides is 4. The third-order valence-electron chi connectivity index (χ3n) is 5.42. The van der Waals surface area contributed by atoms with Gasteiger partial charge in [0, 0.05) is 15.6 Å². The van der Waals surface area contributed by atoms with Crippen molar-refractivity contribution >= 4 is 70.4 Å². The zero-order valence-electron chi connectivity index (χ0n) is 19.5. The van der Waals surface area contributed by atoms with E-state index in [4.69, 9.17) is 49.4 Å². The molecule has 1 aliphatic rings. The smallest absolute Gasteiger partial charge is 0.335 e. The highest BCUT2D eigenvalue weighted by atomic mass is 35.5. The van der Waals surface area contributed by atoms with E-state index < -0.39 is 23.8 Å². The molecule has 1 aliphatic heterocycles. The average Bonchev–Trinajstić information content (AvgIpc) is 2.86. The topological polar surface area (TPSA) is 122 Å². The summed E-state index contributed by atoms with van der Waals surface area (Å²) in [6.07, 6.45) is 1.25. The first-order chi connectivity index (χ1) is 18.1. The maximum atomic E-state index is 13.1. The number of methoxy groups -OCH3 is 1. The lowest BCUT2D eigenvalue weighted by Gasteiger charge is -2.26. The number of ether oxygens (including phenoxy) is 2. The van der Waals surface area contributed by atoms with Crippen molar-refractivity contribution in [3.63, 3.8) is 0 Å². The number of halogens is 3. The molecule has 0 spiro atoms. The summed E-state index contributed by atoms with van der Waals surface area (Å²) in [6.45, 7) is 0.0607. The SMILES string of the molecule is COc1cc(/C=C2\C(=O)NC(=O)N(c3ccc(C(=O)O)cc3)C2=O)cc(Cl)c1OCc1ccc(Cl)cc1Cl. The van der Waals surface area contributed by atoms with E-state index >= 15 is 0 Å². The van der Waals surface area contributed by atoms with Crippen molar-refractivity contribution in [3.05, 3.63) is 91.9 Å². The molecule has 1 saturated heterocycles. The highest BCUT2D eigenvalue weighted by Gasteiger charge is 2.37. The van der Waals surface area contributed by atoms with Gasteiger partial charge in [-0.25, -0.2) is 14.5 Å². The number of aromatic carboxylic acids is 1. The lowest BCUT2D eigenvalue weighted by molar-refractivity contribution is -0.122. The molecule has 0 aromatic heterocycles. The van der Waals surface area contributed by atoms with Crippen LogP contribution in [0.25, 0.3) is 6.08 Å². The Morgan fingerprint density at radius 3 is 2.34 bits per heavy atom. The first-order valence-corrected chi connectivity index (χ1v) is 11.9. The van der Waals surface area contributed by atoms with Gasteiger partial charge < -0.3 is 14.6 Å². The van der Waals surface area contributed by atoms with Crippen molar-refractivity contribution in [1.82, 2.24) is 5.32 Å². The van der Waals surface area contributed by atoms with Crippen LogP contribution in [0.5, 0.6) is 11.5 Å². The second-order valence-electron chi connectivity index (χ2n) is 7.87. The van der Waals surface area contributed by atoms with Gasteiger partial charge in [-0.2, -0.15) is 0 Å². The molecule has 0 atom stereocenters. The highest BCUT2D eigenvalue weighted by molar-refractivity contribution is 6.39. The summed E-state index contributed by atoms with van der Waals surface area (Å²) in [4.78, 5) is 49.9. The molecule has 1 heterocycles. The number of barbiturate groups is 1. The van der Waals surface area contributed by atoms with Gasteiger partial charge in [0.2, 0.25) is 0 Å². The number of imide groups is 2. The minimum Gasteiger partial charge on any atom is -0.493 e. The molecular formula is C26H17Cl3N2O7. The predicted molar refractivity (Wildman–Crippen MR) is 141 cm³/mol. The zero-order chi connectivity index (χ0) is 27.6. The van der Waals surface area contributed by atoms with E-state index in [1.807, 2.05) is 0 Å². The summed E-state index contributed by atoms with van der Waals surface area (Å²) in [7, 11) is 1.39. The Balaban J connectivity index is 1.63. The molecule has 0 aliphatic carbocycles. The third-order valence-corrected chi connectivity index (χ3v) is 6.29. The second-order valence-corrected chi connectivity index (χ2v) is 9.12. The number of anilines is 1. The number of rotatable bonds is 7. The van der Waals surface area contributed by atoms with E-state index in [0.29, 0.717) is 21.2 Å². The molecule has 3 aromatic carbocycles. The first-order valence-electron chi connectivity index (χ1n) is 10.8. The second kappa shape index (κ2) is 11.1. The van der Waals surface area contributed by atoms with Crippen LogP contribution >= 0.6 is 34.8 Å². The number of carboxylic acid groups (broad SMARTS) is 1. The van der Waals surface area contributed by atoms with Crippen molar-refractivity contribution in [3.8, 4) is 11.5 Å². The highest BCUT2D eigenvalue weighted by Crippen LogP contribution is 2.38. The molecule has 0 saturated carbocycles. The van der Waals surface area contributed by atoms with Gasteiger partial charge in [-0.3, -0.25) is 14.9 Å². The Morgan fingerprint density at radius 2 is 1.71 bits per heavy atom. The molecule has 12 heteroatoms. The molecule has 4 rings (SSSR count). The maximum absolute atomic E-state index is 13.1. The Morgan fingerprint density at radius 1 is 1.00 bits per heavy atom. The Hall–Kier alpha value is -4.05. The number of urea groups is 1. The molecule has 1 fully saturated rings. The van der Waals surface area contributed by atoms with E-state index in [-0.39, 0.29) is 40.0 Å². The van der Waals surface area contributed by atoms with Gasteiger partial charge in [0.15, 0.2) is 11.5 Å². The molecule has 9 nitrogen and oxygen atoms in total. The fourth-order valence-corrected chi connectivity index (χ4v) is 4.30. The summed E-state index contributed by atoms with van der Waals surface area (Å²) >= 11 is 18.6. The number of nitrogens with one attached hydrogen (secondary N) is 1. The largest absolute Gasteiger partial charge is 0.493 e. The Bertz CT molecular complexity index is 1500. The number of carbonyl (C=O) groups is 4. The summed E-state index contributed by atoms with van der Waals surface area (Å²) in [5.41, 5.74) is 0.666. The van der Waals surface area contributed by atoms with Crippen molar-refractivity contribution < 1.29 is 33.8 Å². The third kappa shape index (κ3) is 5.60. The van der Waals surface area contributed by atoms with Crippen LogP contribution in [0.2, 0.25) is 15.1 Å². The molecule has 2 N–H and O–H groups in total. The monoisotopic (exact) mass is 574 g/mol. The number of benzene rings is 3. The molecule has 0 radical (unpaired) electrons. The predicted octanol–water partition coefficient (Wildman–Crippen LogP) is 5.60. The Kier molecular flexibility index (Phi) is 7.91. The molecule has 0 unspecified atom stereocenters. The van der Waals surface area contributed by atoms with Gasteiger partial charge in [-0.1, -0.05) is 40.9 Å². The first kappa shape index (κ1) is 27.0. The van der Waals surface area contributed by atoms with Gasteiger partial charge in [-0.05, 0) is 60.2 Å². The van der Waals surface area contributed by atoms with Gasteiger partial charge >= 0.3 is 12.0 Å². The van der Waals surface area contributed by atoms with Crippen LogP contribution in [0.3, 0.4) is 0 Å². The van der Waals surface area contributed by atoms with E-state index in [0.717, 1.165) is 4.90 Å². The summed E-state index contributed by atoms with van der Waals surface area (Å²) in [5.74, 6) is -2.57. The minimum absolute atomic E-state index is 0.0344. The fourth-order valence-electron chi connectivity index (χ4n) is 3.56. The molecule has 3 aromatic rings. The van der Waals surface area contributed by atoms with Crippen LogP contribution in [0.1, 0.15) is 21.5 Å². The normalized spacial score (nSPS) is 14.5. The van der Waals surface area contributed by atoms with Crippen molar-refractivity contribution in [2.45, 2.75) is 6.61 Å². The van der Waals surface area contributed by atoms with Crippen LogP contribution in [0.4, 0.5) is 10.5 Å².